The number of nitrogens with zero attached hydrogens (tertiary/aromatic N) is 1. The molecule has 1 heterocycles. The van der Waals surface area contributed by atoms with Crippen LogP contribution in [0, 0.1) is 0 Å². The third kappa shape index (κ3) is 3.31. The van der Waals surface area contributed by atoms with Crippen molar-refractivity contribution in [1.29, 1.82) is 0 Å². The maximum absolute atomic E-state index is 11.7. The summed E-state index contributed by atoms with van der Waals surface area (Å²) in [5.74, 6) is -1.33. The average Bonchev–Trinajstić information content (AvgIpc) is 2.46. The van der Waals surface area contributed by atoms with E-state index in [-0.39, 0.29) is 12.5 Å². The molecule has 1 aliphatic rings. The summed E-state index contributed by atoms with van der Waals surface area (Å²) in [5, 5.41) is 8.63. The van der Waals surface area contributed by atoms with Gasteiger partial charge in [0.15, 0.2) is 0 Å². The molecule has 1 N–H and O–H groups in total. The molecule has 0 atom stereocenters. The third-order valence-corrected chi connectivity index (χ3v) is 3.48. The van der Waals surface area contributed by atoms with Gasteiger partial charge in [-0.05, 0) is 6.42 Å². The number of allylic oxidation sites excluding steroid dienone is 1. The van der Waals surface area contributed by atoms with Crippen molar-refractivity contribution < 1.29 is 14.7 Å². The van der Waals surface area contributed by atoms with Crippen molar-refractivity contribution in [2.45, 2.75) is 26.2 Å². The molecule has 0 aromatic rings. The summed E-state index contributed by atoms with van der Waals surface area (Å²) in [6.45, 7) is 1.72. The standard InChI is InChI=1S/C10H13NO3S2/c1-2-3-4-5-7-9(14)11(6-8(12)13)10(15)16-7/h5H,2-4,6H2,1H3,(H,12,13)/b7-5-. The molecular weight excluding hydrogens is 246 g/mol. The lowest BCUT2D eigenvalue weighted by Gasteiger charge is -2.10. The molecule has 0 saturated carbocycles. The molecule has 1 saturated heterocycles. The lowest BCUT2D eigenvalue weighted by Crippen LogP contribution is -2.33. The molecule has 4 nitrogen and oxygen atoms in total. The second kappa shape index (κ2) is 6.00. The highest BCUT2D eigenvalue weighted by Crippen LogP contribution is 2.31. The van der Waals surface area contributed by atoms with E-state index in [1.54, 1.807) is 0 Å². The van der Waals surface area contributed by atoms with Crippen LogP contribution in [0.15, 0.2) is 11.0 Å². The predicted molar refractivity (Wildman–Crippen MR) is 67.1 cm³/mol. The SMILES string of the molecule is CCCC/C=C1\SC(=S)N(CC(=O)O)C1=O. The van der Waals surface area contributed by atoms with Crippen LogP contribution >= 0.6 is 24.0 Å². The van der Waals surface area contributed by atoms with Gasteiger partial charge in [-0.1, -0.05) is 49.8 Å². The van der Waals surface area contributed by atoms with E-state index in [2.05, 4.69) is 6.92 Å². The fourth-order valence-electron chi connectivity index (χ4n) is 1.25. The number of unbranched alkanes of at least 4 members (excludes halogenated alkanes) is 2. The normalized spacial score (nSPS) is 18.6. The molecule has 0 spiro atoms. The minimum atomic E-state index is -1.05. The van der Waals surface area contributed by atoms with Crippen molar-refractivity contribution in [3.63, 3.8) is 0 Å². The second-order valence-electron chi connectivity index (χ2n) is 3.36. The Balaban J connectivity index is 2.66. The number of carboxylic acid groups (broad SMARTS) is 1. The van der Waals surface area contributed by atoms with Crippen LogP contribution in [-0.4, -0.2) is 32.7 Å². The van der Waals surface area contributed by atoms with Gasteiger partial charge in [-0.2, -0.15) is 0 Å². The topological polar surface area (TPSA) is 57.6 Å². The first-order chi connectivity index (χ1) is 7.56. The quantitative estimate of drug-likeness (QED) is 0.465. The Morgan fingerprint density at radius 1 is 1.62 bits per heavy atom. The highest BCUT2D eigenvalue weighted by molar-refractivity contribution is 8.26. The monoisotopic (exact) mass is 259 g/mol. The number of amides is 1. The van der Waals surface area contributed by atoms with Crippen LogP contribution in [0.4, 0.5) is 0 Å². The van der Waals surface area contributed by atoms with Gasteiger partial charge < -0.3 is 5.11 Å². The number of thioether (sulfide) groups is 1. The van der Waals surface area contributed by atoms with E-state index in [0.717, 1.165) is 24.2 Å². The van der Waals surface area contributed by atoms with Gasteiger partial charge in [-0.25, -0.2) is 0 Å². The van der Waals surface area contributed by atoms with Crippen molar-refractivity contribution in [2.24, 2.45) is 0 Å². The zero-order valence-corrected chi connectivity index (χ0v) is 10.6. The van der Waals surface area contributed by atoms with Crippen LogP contribution in [0.2, 0.25) is 0 Å². The van der Waals surface area contributed by atoms with Gasteiger partial charge in [-0.15, -0.1) is 0 Å². The molecule has 16 heavy (non-hydrogen) atoms. The van der Waals surface area contributed by atoms with Gasteiger partial charge >= 0.3 is 5.97 Å². The fourth-order valence-corrected chi connectivity index (χ4v) is 2.51. The summed E-state index contributed by atoms with van der Waals surface area (Å²) >= 11 is 6.14. The van der Waals surface area contributed by atoms with Crippen molar-refractivity contribution in [3.8, 4) is 0 Å². The van der Waals surface area contributed by atoms with Crippen molar-refractivity contribution in [1.82, 2.24) is 4.90 Å². The lowest BCUT2D eigenvalue weighted by molar-refractivity contribution is -0.140. The molecule has 1 amide bonds. The highest BCUT2D eigenvalue weighted by atomic mass is 32.2. The van der Waals surface area contributed by atoms with Crippen LogP contribution in [0.5, 0.6) is 0 Å². The number of carboxylic acids is 1. The largest absolute Gasteiger partial charge is 0.480 e. The first kappa shape index (κ1) is 13.2. The van der Waals surface area contributed by atoms with Crippen LogP contribution < -0.4 is 0 Å². The zero-order valence-electron chi connectivity index (χ0n) is 8.93. The number of carbonyl (C=O) groups excluding carboxylic acids is 1. The fraction of sp³-hybridized carbons (Fsp3) is 0.500. The molecule has 6 heteroatoms. The van der Waals surface area contributed by atoms with E-state index in [9.17, 15) is 9.59 Å². The zero-order chi connectivity index (χ0) is 12.1. The molecule has 0 bridgehead atoms. The van der Waals surface area contributed by atoms with E-state index in [1.165, 1.54) is 11.8 Å². The number of carbonyl (C=O) groups is 2. The van der Waals surface area contributed by atoms with Gasteiger partial charge in [-0.3, -0.25) is 14.5 Å². The summed E-state index contributed by atoms with van der Waals surface area (Å²) in [4.78, 5) is 23.9. The Labute approximate surface area is 104 Å². The van der Waals surface area contributed by atoms with Crippen molar-refractivity contribution in [2.75, 3.05) is 6.54 Å². The second-order valence-corrected chi connectivity index (χ2v) is 5.04. The molecule has 0 unspecified atom stereocenters. The molecular formula is C10H13NO3S2. The molecule has 0 radical (unpaired) electrons. The van der Waals surface area contributed by atoms with Crippen LogP contribution in [0.3, 0.4) is 0 Å². The van der Waals surface area contributed by atoms with Crippen LogP contribution in [0.25, 0.3) is 0 Å². The Kier molecular flexibility index (Phi) is 4.95. The van der Waals surface area contributed by atoms with Gasteiger partial charge in [0, 0.05) is 0 Å². The average molecular weight is 259 g/mol. The Morgan fingerprint density at radius 2 is 2.31 bits per heavy atom. The molecule has 0 aromatic heterocycles. The van der Waals surface area contributed by atoms with Crippen molar-refractivity contribution in [3.05, 3.63) is 11.0 Å². The van der Waals surface area contributed by atoms with Crippen molar-refractivity contribution >= 4 is 40.2 Å². The predicted octanol–water partition coefficient (Wildman–Crippen LogP) is 2.01. The lowest BCUT2D eigenvalue weighted by atomic mass is 10.2. The highest BCUT2D eigenvalue weighted by Gasteiger charge is 2.32. The van der Waals surface area contributed by atoms with Gasteiger partial charge in [0.25, 0.3) is 5.91 Å². The molecule has 0 aliphatic carbocycles. The maximum atomic E-state index is 11.7. The van der Waals surface area contributed by atoms with E-state index in [1.807, 2.05) is 6.08 Å². The Bertz CT molecular complexity index is 352. The van der Waals surface area contributed by atoms with E-state index < -0.39 is 5.97 Å². The Hall–Kier alpha value is -0.880. The minimum Gasteiger partial charge on any atom is -0.480 e. The summed E-state index contributed by atoms with van der Waals surface area (Å²) in [6.07, 6.45) is 4.74. The Morgan fingerprint density at radius 3 is 2.88 bits per heavy atom. The molecule has 0 aromatic carbocycles. The van der Waals surface area contributed by atoms with Crippen LogP contribution in [-0.2, 0) is 9.59 Å². The van der Waals surface area contributed by atoms with E-state index >= 15 is 0 Å². The van der Waals surface area contributed by atoms with Gasteiger partial charge in [0.2, 0.25) is 0 Å². The summed E-state index contributed by atoms with van der Waals surface area (Å²) < 4.78 is 0.329. The number of thiocarbonyl (C=S) groups is 1. The van der Waals surface area contributed by atoms with Gasteiger partial charge in [0.05, 0.1) is 4.91 Å². The van der Waals surface area contributed by atoms with E-state index in [0.29, 0.717) is 9.23 Å². The first-order valence-corrected chi connectivity index (χ1v) is 6.24. The number of hydrogen-bond donors (Lipinski definition) is 1. The molecule has 1 rings (SSSR count). The molecule has 1 aliphatic heterocycles. The molecule has 88 valence electrons. The summed E-state index contributed by atoms with van der Waals surface area (Å²) in [6, 6.07) is 0. The first-order valence-electron chi connectivity index (χ1n) is 5.02. The van der Waals surface area contributed by atoms with E-state index in [4.69, 9.17) is 17.3 Å². The number of rotatable bonds is 5. The summed E-state index contributed by atoms with van der Waals surface area (Å²) in [5.41, 5.74) is 0. The van der Waals surface area contributed by atoms with Crippen LogP contribution in [0.1, 0.15) is 26.2 Å². The molecule has 1 fully saturated rings. The number of hydrogen-bond acceptors (Lipinski definition) is 4. The third-order valence-electron chi connectivity index (χ3n) is 2.05. The minimum absolute atomic E-state index is 0.284. The maximum Gasteiger partial charge on any atom is 0.323 e. The smallest absolute Gasteiger partial charge is 0.323 e. The summed E-state index contributed by atoms with van der Waals surface area (Å²) in [7, 11) is 0. The van der Waals surface area contributed by atoms with Gasteiger partial charge in [0.1, 0.15) is 10.9 Å². The number of aliphatic carboxylic acids is 1.